The number of hydrogen-bond acceptors (Lipinski definition) is 5. The molecule has 0 fully saturated rings. The highest BCUT2D eigenvalue weighted by molar-refractivity contribution is 7.16. The third-order valence-corrected chi connectivity index (χ3v) is 4.92. The van der Waals surface area contributed by atoms with Gasteiger partial charge >= 0.3 is 6.18 Å². The van der Waals surface area contributed by atoms with Crippen LogP contribution in [0.2, 0.25) is 0 Å². The van der Waals surface area contributed by atoms with Crippen LogP contribution in [-0.2, 0) is 12.6 Å². The van der Waals surface area contributed by atoms with Crippen molar-refractivity contribution in [2.24, 2.45) is 0 Å². The van der Waals surface area contributed by atoms with E-state index < -0.39 is 11.7 Å². The van der Waals surface area contributed by atoms with Gasteiger partial charge in [0.15, 0.2) is 5.82 Å². The van der Waals surface area contributed by atoms with Crippen molar-refractivity contribution in [3.05, 3.63) is 64.7 Å². The van der Waals surface area contributed by atoms with Crippen LogP contribution in [0.15, 0.2) is 48.5 Å². The zero-order chi connectivity index (χ0) is 19.0. The van der Waals surface area contributed by atoms with E-state index in [1.807, 2.05) is 24.3 Å². The topological polar surface area (TPSA) is 52.3 Å². The number of hydrogen-bond donors (Lipinski definition) is 0. The Morgan fingerprint density at radius 1 is 1.00 bits per heavy atom. The molecular formula is C18H13F3N4OS. The summed E-state index contributed by atoms with van der Waals surface area (Å²) in [6, 6.07) is 12.5. The van der Waals surface area contributed by atoms with Gasteiger partial charge in [0.2, 0.25) is 4.96 Å². The largest absolute Gasteiger partial charge is 0.497 e. The molecule has 0 aliphatic rings. The Labute approximate surface area is 156 Å². The quantitative estimate of drug-likeness (QED) is 0.516. The molecule has 0 N–H and O–H groups in total. The Balaban J connectivity index is 1.62. The van der Waals surface area contributed by atoms with Crippen LogP contribution in [0.3, 0.4) is 0 Å². The van der Waals surface area contributed by atoms with Crippen molar-refractivity contribution in [2.45, 2.75) is 12.6 Å². The second-order valence-corrected chi connectivity index (χ2v) is 6.85. The lowest BCUT2D eigenvalue weighted by Gasteiger charge is -2.06. The fourth-order valence-corrected chi connectivity index (χ4v) is 3.50. The minimum absolute atomic E-state index is 0.413. The van der Waals surface area contributed by atoms with Crippen LogP contribution >= 0.6 is 11.3 Å². The van der Waals surface area contributed by atoms with Crippen molar-refractivity contribution < 1.29 is 17.9 Å². The Morgan fingerprint density at radius 3 is 2.33 bits per heavy atom. The van der Waals surface area contributed by atoms with Crippen molar-refractivity contribution >= 4 is 16.3 Å². The third-order valence-electron chi connectivity index (χ3n) is 4.02. The van der Waals surface area contributed by atoms with E-state index in [9.17, 15) is 13.2 Å². The van der Waals surface area contributed by atoms with Crippen LogP contribution in [-0.4, -0.2) is 26.9 Å². The maximum absolute atomic E-state index is 12.7. The third kappa shape index (κ3) is 3.50. The molecule has 4 rings (SSSR count). The molecule has 9 heteroatoms. The molecule has 0 unspecified atom stereocenters. The highest BCUT2D eigenvalue weighted by Gasteiger charge is 2.30. The highest BCUT2D eigenvalue weighted by Crippen LogP contribution is 2.31. The average Bonchev–Trinajstić information content (AvgIpc) is 3.22. The van der Waals surface area contributed by atoms with Crippen LogP contribution in [0.5, 0.6) is 5.75 Å². The zero-order valence-corrected chi connectivity index (χ0v) is 14.9. The van der Waals surface area contributed by atoms with Gasteiger partial charge in [-0.05, 0) is 29.8 Å². The first-order valence-electron chi connectivity index (χ1n) is 7.96. The monoisotopic (exact) mass is 390 g/mol. The van der Waals surface area contributed by atoms with Gasteiger partial charge in [0.1, 0.15) is 10.8 Å². The number of methoxy groups -OCH3 is 1. The predicted octanol–water partition coefficient (Wildman–Crippen LogP) is 4.47. The maximum atomic E-state index is 12.7. The number of fused-ring (bicyclic) bond motifs is 1. The fourth-order valence-electron chi connectivity index (χ4n) is 2.63. The summed E-state index contributed by atoms with van der Waals surface area (Å²) in [5.41, 5.74) is 0.888. The number of halogens is 3. The molecule has 0 atom stereocenters. The highest BCUT2D eigenvalue weighted by atomic mass is 32.1. The summed E-state index contributed by atoms with van der Waals surface area (Å²) in [5.74, 6) is 1.19. The van der Waals surface area contributed by atoms with Gasteiger partial charge in [-0.15, -0.1) is 10.2 Å². The van der Waals surface area contributed by atoms with Crippen molar-refractivity contribution in [2.75, 3.05) is 7.11 Å². The summed E-state index contributed by atoms with van der Waals surface area (Å²) in [7, 11) is 1.61. The molecule has 0 bridgehead atoms. The van der Waals surface area contributed by atoms with Gasteiger partial charge in [0.25, 0.3) is 0 Å². The van der Waals surface area contributed by atoms with Crippen molar-refractivity contribution in [3.8, 4) is 17.1 Å². The van der Waals surface area contributed by atoms with Gasteiger partial charge in [0.05, 0.1) is 12.7 Å². The number of alkyl halides is 3. The molecule has 0 aliphatic carbocycles. The van der Waals surface area contributed by atoms with E-state index in [1.165, 1.54) is 23.5 Å². The molecule has 2 aromatic heterocycles. The molecule has 4 aromatic rings. The number of benzene rings is 2. The normalized spacial score (nSPS) is 11.9. The molecule has 0 amide bonds. The van der Waals surface area contributed by atoms with E-state index in [4.69, 9.17) is 4.74 Å². The van der Waals surface area contributed by atoms with E-state index in [-0.39, 0.29) is 0 Å². The van der Waals surface area contributed by atoms with Gasteiger partial charge in [0, 0.05) is 12.0 Å². The molecule has 2 heterocycles. The van der Waals surface area contributed by atoms with Gasteiger partial charge in [-0.3, -0.25) is 0 Å². The van der Waals surface area contributed by atoms with Crippen LogP contribution < -0.4 is 4.74 Å². The van der Waals surface area contributed by atoms with Crippen LogP contribution in [0, 0.1) is 0 Å². The molecule has 0 aliphatic heterocycles. The Bertz CT molecular complexity index is 1070. The molecule has 5 nitrogen and oxygen atoms in total. The summed E-state index contributed by atoms with van der Waals surface area (Å²) in [6.45, 7) is 0. The van der Waals surface area contributed by atoms with E-state index >= 15 is 0 Å². The van der Waals surface area contributed by atoms with Crippen molar-refractivity contribution in [1.29, 1.82) is 0 Å². The molecule has 0 saturated carbocycles. The molecule has 0 saturated heterocycles. The first-order valence-corrected chi connectivity index (χ1v) is 8.77. The number of nitrogens with zero attached hydrogens (tertiary/aromatic N) is 4. The summed E-state index contributed by atoms with van der Waals surface area (Å²) < 4.78 is 44.9. The van der Waals surface area contributed by atoms with Gasteiger partial charge in [-0.2, -0.15) is 22.8 Å². The van der Waals surface area contributed by atoms with E-state index in [0.717, 1.165) is 28.5 Å². The van der Waals surface area contributed by atoms with Crippen LogP contribution in [0.4, 0.5) is 13.2 Å². The maximum Gasteiger partial charge on any atom is 0.416 e. The van der Waals surface area contributed by atoms with Crippen molar-refractivity contribution in [3.63, 3.8) is 0 Å². The Morgan fingerprint density at radius 2 is 1.70 bits per heavy atom. The van der Waals surface area contributed by atoms with Gasteiger partial charge < -0.3 is 4.74 Å². The fraction of sp³-hybridized carbons (Fsp3) is 0.167. The van der Waals surface area contributed by atoms with Crippen molar-refractivity contribution in [1.82, 2.24) is 19.8 Å². The Hall–Kier alpha value is -2.94. The first-order chi connectivity index (χ1) is 12.9. The number of aromatic nitrogens is 4. The smallest absolute Gasteiger partial charge is 0.416 e. The lowest BCUT2D eigenvalue weighted by molar-refractivity contribution is -0.137. The first kappa shape index (κ1) is 17.5. The van der Waals surface area contributed by atoms with E-state index in [0.29, 0.717) is 22.8 Å². The molecule has 0 radical (unpaired) electrons. The second kappa shape index (κ2) is 6.66. The van der Waals surface area contributed by atoms with Crippen LogP contribution in [0.25, 0.3) is 16.3 Å². The molecule has 2 aromatic carbocycles. The SMILES string of the molecule is COc1ccc(Cc2nn3c(-c4ccc(C(F)(F)F)cc4)nnc3s2)cc1. The summed E-state index contributed by atoms with van der Waals surface area (Å²) >= 11 is 1.39. The van der Waals surface area contributed by atoms with Crippen LogP contribution in [0.1, 0.15) is 16.1 Å². The lowest BCUT2D eigenvalue weighted by Crippen LogP contribution is -2.04. The standard InChI is InChI=1S/C18H13F3N4OS/c1-26-14-8-2-11(3-9-14)10-15-24-25-16(22-23-17(25)27-15)12-4-6-13(7-5-12)18(19,20)21/h2-9H,10H2,1H3. The Kier molecular flexibility index (Phi) is 4.31. The summed E-state index contributed by atoms with van der Waals surface area (Å²) in [5, 5.41) is 13.5. The van der Waals surface area contributed by atoms with E-state index in [2.05, 4.69) is 15.3 Å². The second-order valence-electron chi connectivity index (χ2n) is 5.81. The van der Waals surface area contributed by atoms with Gasteiger partial charge in [-0.1, -0.05) is 35.6 Å². The summed E-state index contributed by atoms with van der Waals surface area (Å²) in [6.07, 6.45) is -3.75. The van der Waals surface area contributed by atoms with E-state index in [1.54, 1.807) is 11.6 Å². The molecule has 27 heavy (non-hydrogen) atoms. The number of ether oxygens (including phenoxy) is 1. The lowest BCUT2D eigenvalue weighted by atomic mass is 10.1. The minimum atomic E-state index is -4.37. The minimum Gasteiger partial charge on any atom is -0.497 e. The predicted molar refractivity (Wildman–Crippen MR) is 94.9 cm³/mol. The summed E-state index contributed by atoms with van der Waals surface area (Å²) in [4.78, 5) is 0.591. The molecule has 0 spiro atoms. The molecule has 138 valence electrons. The van der Waals surface area contributed by atoms with Gasteiger partial charge in [-0.25, -0.2) is 0 Å². The zero-order valence-electron chi connectivity index (χ0n) is 14.1. The number of rotatable bonds is 4. The average molecular weight is 390 g/mol. The molecular weight excluding hydrogens is 377 g/mol.